The SMILES string of the molecule is COc1cc2c(OC(C)=O)cc3c(c2cc1C(C)=O)-c1ccccc1CC3.COc1ccc2c3c(cc(OC(C)=O)c2c1)CCc1ccccc1-3. The first kappa shape index (κ1) is 33.5. The summed E-state index contributed by atoms with van der Waals surface area (Å²) in [6.07, 6.45) is 3.74. The van der Waals surface area contributed by atoms with E-state index >= 15 is 0 Å². The van der Waals surface area contributed by atoms with Crippen LogP contribution in [0.3, 0.4) is 0 Å². The molecule has 2 aliphatic rings. The Hall–Kier alpha value is -5.95. The van der Waals surface area contributed by atoms with Gasteiger partial charge in [0.05, 0.1) is 19.8 Å². The number of carbonyl (C=O) groups excluding carboxylic acids is 3. The number of Topliss-reactive ketones (excluding diaryl/α,β-unsaturated/α-hetero) is 1. The van der Waals surface area contributed by atoms with Gasteiger partial charge in [0.2, 0.25) is 0 Å². The summed E-state index contributed by atoms with van der Waals surface area (Å²) in [5, 5.41) is 3.67. The van der Waals surface area contributed by atoms with E-state index in [1.807, 2.05) is 42.5 Å². The molecular weight excluding hydrogens is 640 g/mol. The molecule has 0 unspecified atom stereocenters. The Labute approximate surface area is 296 Å². The molecule has 0 heterocycles. The summed E-state index contributed by atoms with van der Waals surface area (Å²) >= 11 is 0. The number of aryl methyl sites for hydroxylation is 4. The zero-order chi connectivity index (χ0) is 35.8. The van der Waals surface area contributed by atoms with Crippen LogP contribution in [-0.2, 0) is 35.3 Å². The maximum Gasteiger partial charge on any atom is 0.308 e. The Balaban J connectivity index is 0.000000160. The predicted molar refractivity (Wildman–Crippen MR) is 199 cm³/mol. The molecule has 0 radical (unpaired) electrons. The minimum absolute atomic E-state index is 0.0653. The number of carbonyl (C=O) groups is 3. The van der Waals surface area contributed by atoms with Crippen LogP contribution in [0.15, 0.2) is 91.0 Å². The smallest absolute Gasteiger partial charge is 0.308 e. The molecule has 7 nitrogen and oxygen atoms in total. The molecule has 51 heavy (non-hydrogen) atoms. The molecule has 0 fully saturated rings. The zero-order valence-corrected chi connectivity index (χ0v) is 29.3. The van der Waals surface area contributed by atoms with Crippen molar-refractivity contribution in [3.63, 3.8) is 0 Å². The number of fused-ring (bicyclic) bond motifs is 10. The van der Waals surface area contributed by atoms with Gasteiger partial charge >= 0.3 is 11.9 Å². The first-order valence-electron chi connectivity index (χ1n) is 17.0. The third kappa shape index (κ3) is 6.32. The van der Waals surface area contributed by atoms with E-state index in [0.717, 1.165) is 69.7 Å². The van der Waals surface area contributed by atoms with Crippen LogP contribution < -0.4 is 18.9 Å². The zero-order valence-electron chi connectivity index (χ0n) is 29.3. The van der Waals surface area contributed by atoms with Crippen molar-refractivity contribution in [2.45, 2.75) is 46.5 Å². The van der Waals surface area contributed by atoms with Crippen LogP contribution in [0.1, 0.15) is 53.4 Å². The van der Waals surface area contributed by atoms with Gasteiger partial charge in [0, 0.05) is 24.6 Å². The van der Waals surface area contributed by atoms with Crippen LogP contribution in [0.5, 0.6) is 23.0 Å². The molecule has 8 rings (SSSR count). The normalized spacial score (nSPS) is 12.3. The lowest BCUT2D eigenvalue weighted by molar-refractivity contribution is -0.132. The molecule has 256 valence electrons. The van der Waals surface area contributed by atoms with Gasteiger partial charge in [-0.3, -0.25) is 14.4 Å². The van der Waals surface area contributed by atoms with Crippen molar-refractivity contribution in [3.05, 3.63) is 119 Å². The molecule has 0 aliphatic heterocycles. The summed E-state index contributed by atoms with van der Waals surface area (Å²) in [6.45, 7) is 4.35. The fourth-order valence-electron chi connectivity index (χ4n) is 7.48. The van der Waals surface area contributed by atoms with E-state index < -0.39 is 0 Å². The van der Waals surface area contributed by atoms with Gasteiger partial charge in [-0.05, 0) is 130 Å². The highest BCUT2D eigenvalue weighted by Gasteiger charge is 2.24. The number of benzene rings is 6. The summed E-state index contributed by atoms with van der Waals surface area (Å²) in [6, 6.07) is 30.4. The van der Waals surface area contributed by atoms with Gasteiger partial charge < -0.3 is 18.9 Å². The highest BCUT2D eigenvalue weighted by molar-refractivity contribution is 6.09. The van der Waals surface area contributed by atoms with Crippen molar-refractivity contribution in [2.24, 2.45) is 0 Å². The van der Waals surface area contributed by atoms with Crippen molar-refractivity contribution in [1.29, 1.82) is 0 Å². The Morgan fingerprint density at radius 1 is 0.490 bits per heavy atom. The Kier molecular flexibility index (Phi) is 9.04. The van der Waals surface area contributed by atoms with Crippen molar-refractivity contribution in [3.8, 4) is 45.3 Å². The lowest BCUT2D eigenvalue weighted by atomic mass is 9.82. The standard InChI is InChI=1S/C23H20O4.C21H18O3/c1-13(24)18-11-20-19(12-21(18)26-3)22(27-14(2)25)10-16-9-8-15-6-4-5-7-17(15)23(16)20;1-13(22)24-20-11-15-8-7-14-5-3-4-6-17(14)21(15)18-10-9-16(23-2)12-19(18)20/h4-7,10-12H,8-9H2,1-3H3;3-6,9-12H,7-8H2,1-2H3. The highest BCUT2D eigenvalue weighted by Crippen LogP contribution is 2.45. The van der Waals surface area contributed by atoms with Gasteiger partial charge in [-0.2, -0.15) is 0 Å². The maximum absolute atomic E-state index is 12.2. The molecule has 0 amide bonds. The topological polar surface area (TPSA) is 88.1 Å². The average Bonchev–Trinajstić information content (AvgIpc) is 3.13. The Morgan fingerprint density at radius 2 is 1.00 bits per heavy atom. The number of ketones is 1. The number of methoxy groups -OCH3 is 2. The molecule has 2 aliphatic carbocycles. The average molecular weight is 679 g/mol. The van der Waals surface area contributed by atoms with E-state index in [2.05, 4.69) is 42.5 Å². The molecule has 6 aromatic rings. The lowest BCUT2D eigenvalue weighted by Gasteiger charge is -2.24. The van der Waals surface area contributed by atoms with Crippen molar-refractivity contribution < 1.29 is 33.3 Å². The van der Waals surface area contributed by atoms with Crippen molar-refractivity contribution >= 4 is 39.3 Å². The first-order chi connectivity index (χ1) is 24.7. The van der Waals surface area contributed by atoms with Crippen LogP contribution in [0.25, 0.3) is 43.8 Å². The molecule has 0 bridgehead atoms. The van der Waals surface area contributed by atoms with Crippen LogP contribution >= 0.6 is 0 Å². The van der Waals surface area contributed by atoms with E-state index in [1.54, 1.807) is 13.2 Å². The maximum atomic E-state index is 12.2. The number of rotatable bonds is 5. The second kappa shape index (κ2) is 13.8. The molecule has 0 atom stereocenters. The van der Waals surface area contributed by atoms with Crippen LogP contribution in [0.2, 0.25) is 0 Å². The molecule has 0 aromatic heterocycles. The molecule has 0 saturated carbocycles. The second-order valence-electron chi connectivity index (χ2n) is 12.9. The fourth-order valence-corrected chi connectivity index (χ4v) is 7.48. The lowest BCUT2D eigenvalue weighted by Crippen LogP contribution is -2.08. The Morgan fingerprint density at radius 3 is 1.51 bits per heavy atom. The van der Waals surface area contributed by atoms with Crippen molar-refractivity contribution in [1.82, 2.24) is 0 Å². The highest BCUT2D eigenvalue weighted by atomic mass is 16.5. The van der Waals surface area contributed by atoms with E-state index in [4.69, 9.17) is 18.9 Å². The number of esters is 2. The largest absolute Gasteiger partial charge is 0.497 e. The summed E-state index contributed by atoms with van der Waals surface area (Å²) < 4.78 is 21.8. The monoisotopic (exact) mass is 678 g/mol. The van der Waals surface area contributed by atoms with Gasteiger partial charge in [0.15, 0.2) is 5.78 Å². The number of hydrogen-bond donors (Lipinski definition) is 0. The third-order valence-electron chi connectivity index (χ3n) is 9.68. The van der Waals surface area contributed by atoms with Crippen LogP contribution in [0.4, 0.5) is 0 Å². The molecule has 0 spiro atoms. The summed E-state index contributed by atoms with van der Waals surface area (Å²) in [7, 11) is 3.17. The van der Waals surface area contributed by atoms with Gasteiger partial charge in [0.25, 0.3) is 0 Å². The van der Waals surface area contributed by atoms with E-state index in [1.165, 1.54) is 55.7 Å². The molecule has 7 heteroatoms. The molecule has 0 saturated heterocycles. The summed E-state index contributed by atoms with van der Waals surface area (Å²) in [5.41, 5.74) is 10.3. The van der Waals surface area contributed by atoms with Crippen molar-refractivity contribution in [2.75, 3.05) is 14.2 Å². The number of ether oxygens (including phenoxy) is 4. The minimum atomic E-state index is -0.373. The van der Waals surface area contributed by atoms with Gasteiger partial charge in [0.1, 0.15) is 23.0 Å². The van der Waals surface area contributed by atoms with E-state index in [-0.39, 0.29) is 17.7 Å². The summed E-state index contributed by atoms with van der Waals surface area (Å²) in [5.74, 6) is 1.59. The Bertz CT molecular complexity index is 2390. The van der Waals surface area contributed by atoms with Gasteiger partial charge in [-0.1, -0.05) is 48.5 Å². The summed E-state index contributed by atoms with van der Waals surface area (Å²) in [4.78, 5) is 35.3. The minimum Gasteiger partial charge on any atom is -0.497 e. The first-order valence-corrected chi connectivity index (χ1v) is 17.0. The third-order valence-corrected chi connectivity index (χ3v) is 9.68. The second-order valence-corrected chi connectivity index (χ2v) is 12.9. The van der Waals surface area contributed by atoms with Crippen LogP contribution in [-0.4, -0.2) is 31.9 Å². The molecule has 0 N–H and O–H groups in total. The number of hydrogen-bond acceptors (Lipinski definition) is 7. The quantitative estimate of drug-likeness (QED) is 0.102. The van der Waals surface area contributed by atoms with Crippen LogP contribution in [0, 0.1) is 0 Å². The van der Waals surface area contributed by atoms with E-state index in [9.17, 15) is 14.4 Å². The fraction of sp³-hybridized carbons (Fsp3) is 0.205. The molecular formula is C44H38O7. The molecule has 6 aromatic carbocycles. The van der Waals surface area contributed by atoms with E-state index in [0.29, 0.717) is 22.8 Å². The van der Waals surface area contributed by atoms with Gasteiger partial charge in [-0.25, -0.2) is 0 Å². The van der Waals surface area contributed by atoms with Gasteiger partial charge in [-0.15, -0.1) is 0 Å². The predicted octanol–water partition coefficient (Wildman–Crippen LogP) is 9.28.